The molecular formula is C59H86N8. The van der Waals surface area contributed by atoms with Crippen molar-refractivity contribution in [2.24, 2.45) is 17.3 Å². The number of hydrazine groups is 1. The van der Waals surface area contributed by atoms with E-state index in [1.54, 1.807) is 0 Å². The summed E-state index contributed by atoms with van der Waals surface area (Å²) in [7, 11) is 4.28. The highest BCUT2D eigenvalue weighted by atomic mass is 15.5. The van der Waals surface area contributed by atoms with Crippen molar-refractivity contribution in [3.8, 4) is 22.4 Å². The van der Waals surface area contributed by atoms with Gasteiger partial charge in [-0.1, -0.05) is 103 Å². The van der Waals surface area contributed by atoms with Crippen LogP contribution in [-0.2, 0) is 19.4 Å². The largest absolute Gasteiger partial charge is 0.379 e. The number of nitrogens with zero attached hydrogens (tertiary/aromatic N) is 5. The van der Waals surface area contributed by atoms with Crippen LogP contribution in [0.1, 0.15) is 109 Å². The van der Waals surface area contributed by atoms with Crippen molar-refractivity contribution >= 4 is 10.9 Å². The summed E-state index contributed by atoms with van der Waals surface area (Å²) in [4.78, 5) is 9.58. The van der Waals surface area contributed by atoms with Gasteiger partial charge in [-0.3, -0.25) is 4.98 Å². The van der Waals surface area contributed by atoms with Gasteiger partial charge in [0, 0.05) is 79.0 Å². The Morgan fingerprint density at radius 1 is 1.00 bits per heavy atom. The molecule has 4 aromatic rings. The molecule has 362 valence electrons. The SMILES string of the molecule is C=CC1CCN(C(=C)C2CN2)C1.C=CCCC(C)(C)Cc1c(-c2cccnc2C(C)C)n(CC)c2ccc(-c3cc(C)cc(CC(NC(=C)C(C(C)C)N(C)C)C(=C)N4CCCCN4)c3)cc12. The first-order valence-electron chi connectivity index (χ1n) is 25.4. The second-order valence-corrected chi connectivity index (χ2v) is 21.3. The quantitative estimate of drug-likeness (QED) is 0.0568. The molecule has 67 heavy (non-hydrogen) atoms. The van der Waals surface area contributed by atoms with Crippen LogP contribution in [0.25, 0.3) is 33.3 Å². The normalized spacial score (nSPS) is 18.2. The third kappa shape index (κ3) is 12.8. The molecule has 3 aliphatic heterocycles. The van der Waals surface area contributed by atoms with Gasteiger partial charge in [0.1, 0.15) is 0 Å². The summed E-state index contributed by atoms with van der Waals surface area (Å²) in [6.45, 7) is 45.8. The molecule has 3 aliphatic rings. The number of rotatable bonds is 21. The summed E-state index contributed by atoms with van der Waals surface area (Å²) in [6, 6.07) is 19.4. The van der Waals surface area contributed by atoms with Crippen LogP contribution in [0.4, 0.5) is 0 Å². The van der Waals surface area contributed by atoms with Crippen molar-refractivity contribution < 1.29 is 0 Å². The number of fused-ring (bicyclic) bond motifs is 1. The average molecular weight is 907 g/mol. The summed E-state index contributed by atoms with van der Waals surface area (Å²) in [5, 5.41) is 10.8. The fraction of sp³-hybridized carbons (Fsp3) is 0.508. The van der Waals surface area contributed by atoms with E-state index >= 15 is 0 Å². The van der Waals surface area contributed by atoms with Crippen molar-refractivity contribution in [2.45, 2.75) is 131 Å². The maximum Gasteiger partial charge on any atom is 0.0707 e. The van der Waals surface area contributed by atoms with Gasteiger partial charge in [0.15, 0.2) is 0 Å². The minimum atomic E-state index is -0.00314. The Bertz CT molecular complexity index is 2340. The van der Waals surface area contributed by atoms with Crippen LogP contribution in [0.15, 0.2) is 117 Å². The van der Waals surface area contributed by atoms with E-state index in [1.165, 1.54) is 68.5 Å². The minimum absolute atomic E-state index is 0.00314. The van der Waals surface area contributed by atoms with Crippen LogP contribution < -0.4 is 16.1 Å². The Balaban J connectivity index is 0.000000530. The van der Waals surface area contributed by atoms with Gasteiger partial charge in [0.2, 0.25) is 0 Å². The molecular weight excluding hydrogens is 821 g/mol. The first kappa shape index (κ1) is 51.5. The molecule has 8 heteroatoms. The number of likely N-dealkylation sites (N-methyl/N-ethyl adjacent to an activating group) is 1. The Morgan fingerprint density at radius 2 is 1.76 bits per heavy atom. The van der Waals surface area contributed by atoms with Crippen LogP contribution in [0.3, 0.4) is 0 Å². The summed E-state index contributed by atoms with van der Waals surface area (Å²) in [6.07, 6.45) is 13.5. The van der Waals surface area contributed by atoms with E-state index in [9.17, 15) is 0 Å². The third-order valence-electron chi connectivity index (χ3n) is 14.3. The third-order valence-corrected chi connectivity index (χ3v) is 14.3. The summed E-state index contributed by atoms with van der Waals surface area (Å²) < 4.78 is 2.53. The molecule has 0 bridgehead atoms. The molecule has 0 aliphatic carbocycles. The van der Waals surface area contributed by atoms with Gasteiger partial charge in [0.05, 0.1) is 29.5 Å². The number of allylic oxidation sites excluding steroid dienone is 1. The molecule has 3 fully saturated rings. The van der Waals surface area contributed by atoms with Crippen LogP contribution in [0, 0.1) is 24.2 Å². The van der Waals surface area contributed by atoms with Crippen LogP contribution in [0.5, 0.6) is 0 Å². The van der Waals surface area contributed by atoms with Gasteiger partial charge in [-0.05, 0) is 143 Å². The molecule has 2 aromatic carbocycles. The lowest BCUT2D eigenvalue weighted by Gasteiger charge is -2.38. The fourth-order valence-corrected chi connectivity index (χ4v) is 10.7. The highest BCUT2D eigenvalue weighted by Gasteiger charge is 2.31. The van der Waals surface area contributed by atoms with E-state index in [1.807, 2.05) is 6.20 Å². The smallest absolute Gasteiger partial charge is 0.0707 e. The molecule has 5 heterocycles. The standard InChI is InChI=1S/C49H70N6.C10H16N2/c1-14-16-23-49(10,11)32-43-42-31-39(21-22-45(42)54(15-2)48(43)41-20-19-24-50-46(41)33(3)4)40-28-35(7)27-38(29-40)30-44(37(9)55-26-18-17-25-51-55)52-36(8)47(34(5)6)53(12)13;1-3-9-4-5-12(7-9)8(2)10-6-11-10/h14,19-22,24,27-29,31,33-34,44,47,51-52H,1,8-9,15-18,23,25-26,30,32H2,2-7,10-13H3;3,9-11H,1-2,4-7H2. The predicted octanol–water partition coefficient (Wildman–Crippen LogP) is 12.1. The van der Waals surface area contributed by atoms with Crippen molar-refractivity contribution in [3.63, 3.8) is 0 Å². The van der Waals surface area contributed by atoms with Gasteiger partial charge < -0.3 is 30.0 Å². The Hall–Kier alpha value is -4.89. The van der Waals surface area contributed by atoms with Crippen molar-refractivity contribution in [2.75, 3.05) is 46.8 Å². The molecule has 0 spiro atoms. The second kappa shape index (κ2) is 22.9. The summed E-state index contributed by atoms with van der Waals surface area (Å²) in [5.41, 5.74) is 18.6. The number of aromatic nitrogens is 2. The molecule has 3 saturated heterocycles. The lowest BCUT2D eigenvalue weighted by molar-refractivity contribution is 0.185. The molecule has 0 radical (unpaired) electrons. The van der Waals surface area contributed by atoms with Gasteiger partial charge in [-0.25, -0.2) is 5.43 Å². The van der Waals surface area contributed by atoms with E-state index in [0.717, 1.165) is 88.5 Å². The minimum Gasteiger partial charge on any atom is -0.379 e. The highest BCUT2D eigenvalue weighted by Crippen LogP contribution is 2.43. The summed E-state index contributed by atoms with van der Waals surface area (Å²) >= 11 is 0. The van der Waals surface area contributed by atoms with Gasteiger partial charge in [-0.15, -0.1) is 13.2 Å². The molecule has 0 saturated carbocycles. The Morgan fingerprint density at radius 3 is 2.37 bits per heavy atom. The number of pyridine rings is 1. The number of hydrogen-bond acceptors (Lipinski definition) is 7. The van der Waals surface area contributed by atoms with Crippen LogP contribution in [0.2, 0.25) is 0 Å². The average Bonchev–Trinajstić information content (AvgIpc) is 3.96. The van der Waals surface area contributed by atoms with Crippen molar-refractivity contribution in [1.82, 2.24) is 40.4 Å². The second-order valence-electron chi connectivity index (χ2n) is 21.3. The first-order valence-corrected chi connectivity index (χ1v) is 25.4. The van der Waals surface area contributed by atoms with E-state index in [4.69, 9.17) is 4.98 Å². The zero-order valence-corrected chi connectivity index (χ0v) is 43.3. The van der Waals surface area contributed by atoms with Crippen molar-refractivity contribution in [1.29, 1.82) is 0 Å². The molecule has 4 atom stereocenters. The molecule has 0 amide bonds. The number of benzene rings is 2. The predicted molar refractivity (Wildman–Crippen MR) is 288 cm³/mol. The van der Waals surface area contributed by atoms with E-state index < -0.39 is 0 Å². The number of likely N-dealkylation sites (tertiary alicyclic amines) is 1. The topological polar surface area (TPSA) is 73.5 Å². The Kier molecular flexibility index (Phi) is 17.6. The van der Waals surface area contributed by atoms with Gasteiger partial charge >= 0.3 is 0 Å². The molecule has 4 unspecified atom stereocenters. The van der Waals surface area contributed by atoms with Gasteiger partial charge in [-0.2, -0.15) is 0 Å². The van der Waals surface area contributed by atoms with Crippen molar-refractivity contribution in [3.05, 3.63) is 139 Å². The van der Waals surface area contributed by atoms with E-state index in [-0.39, 0.29) is 17.5 Å². The molecule has 2 aromatic heterocycles. The molecule has 8 nitrogen and oxygen atoms in total. The lowest BCUT2D eigenvalue weighted by Crippen LogP contribution is -2.50. The molecule has 7 rings (SSSR count). The zero-order valence-electron chi connectivity index (χ0n) is 43.3. The number of aryl methyl sites for hydroxylation is 2. The first-order chi connectivity index (χ1) is 32.0. The van der Waals surface area contributed by atoms with E-state index in [0.29, 0.717) is 23.8 Å². The highest BCUT2D eigenvalue weighted by molar-refractivity contribution is 5.95. The fourth-order valence-electron chi connectivity index (χ4n) is 10.7. The monoisotopic (exact) mass is 907 g/mol. The van der Waals surface area contributed by atoms with E-state index in [2.05, 4.69) is 198 Å². The van der Waals surface area contributed by atoms with Crippen LogP contribution >= 0.6 is 0 Å². The Labute approximate surface area is 406 Å². The van der Waals surface area contributed by atoms with Crippen LogP contribution in [-0.4, -0.2) is 89.3 Å². The number of nitrogens with one attached hydrogen (secondary N) is 3. The molecule has 3 N–H and O–H groups in total. The zero-order chi connectivity index (χ0) is 48.6. The maximum atomic E-state index is 4.93. The number of hydrogen-bond donors (Lipinski definition) is 3. The van der Waals surface area contributed by atoms with Gasteiger partial charge in [0.25, 0.3) is 0 Å². The maximum absolute atomic E-state index is 4.93. The summed E-state index contributed by atoms with van der Waals surface area (Å²) in [5.74, 6) is 1.42. The lowest BCUT2D eigenvalue weighted by atomic mass is 9.80.